The molecular weight excluding hydrogens is 294 g/mol. The van der Waals surface area contributed by atoms with Crippen LogP contribution in [0.15, 0.2) is 24.4 Å². The predicted molar refractivity (Wildman–Crippen MR) is 81.7 cm³/mol. The number of pyridine rings is 1. The molecule has 1 N–H and O–H groups in total. The standard InChI is InChI=1S/C14H14ClN3O3/c1-8-4-5-12(21-3)9(2)14(8)17-11-7-16-13(18(19)20)6-10(11)15/h4-7,17H,1-3H3. The van der Waals surface area contributed by atoms with Gasteiger partial charge in [0.05, 0.1) is 18.2 Å². The largest absolute Gasteiger partial charge is 0.496 e. The lowest BCUT2D eigenvalue weighted by Gasteiger charge is -2.15. The Morgan fingerprint density at radius 1 is 1.38 bits per heavy atom. The first kappa shape index (κ1) is 15.1. The van der Waals surface area contributed by atoms with Gasteiger partial charge < -0.3 is 20.2 Å². The number of hydrogen-bond donors (Lipinski definition) is 1. The first-order valence-electron chi connectivity index (χ1n) is 6.15. The molecule has 0 radical (unpaired) electrons. The minimum absolute atomic E-state index is 0.235. The molecule has 21 heavy (non-hydrogen) atoms. The summed E-state index contributed by atoms with van der Waals surface area (Å²) >= 11 is 6.06. The minimum atomic E-state index is -0.586. The first-order chi connectivity index (χ1) is 9.93. The molecule has 7 heteroatoms. The van der Waals surface area contributed by atoms with Crippen LogP contribution in [0.4, 0.5) is 17.2 Å². The number of nitro groups is 1. The summed E-state index contributed by atoms with van der Waals surface area (Å²) in [5.41, 5.74) is 3.27. The number of ether oxygens (including phenoxy) is 1. The third-order valence-electron chi connectivity index (χ3n) is 3.13. The maximum Gasteiger partial charge on any atom is 0.365 e. The smallest absolute Gasteiger partial charge is 0.365 e. The van der Waals surface area contributed by atoms with Crippen molar-refractivity contribution in [1.29, 1.82) is 0 Å². The van der Waals surface area contributed by atoms with Gasteiger partial charge in [-0.25, -0.2) is 0 Å². The fraction of sp³-hybridized carbons (Fsp3) is 0.214. The molecule has 0 saturated carbocycles. The minimum Gasteiger partial charge on any atom is -0.496 e. The predicted octanol–water partition coefficient (Wildman–Crippen LogP) is 4.01. The van der Waals surface area contributed by atoms with Crippen molar-refractivity contribution in [3.05, 3.63) is 50.7 Å². The van der Waals surface area contributed by atoms with Gasteiger partial charge in [-0.15, -0.1) is 0 Å². The molecule has 0 aliphatic carbocycles. The number of benzene rings is 1. The summed E-state index contributed by atoms with van der Waals surface area (Å²) in [7, 11) is 1.60. The molecule has 0 aliphatic heterocycles. The number of anilines is 2. The number of hydrogen-bond acceptors (Lipinski definition) is 5. The van der Waals surface area contributed by atoms with E-state index in [1.807, 2.05) is 26.0 Å². The molecule has 0 bridgehead atoms. The van der Waals surface area contributed by atoms with E-state index in [9.17, 15) is 10.1 Å². The van der Waals surface area contributed by atoms with Gasteiger partial charge in [-0.3, -0.25) is 0 Å². The molecule has 0 atom stereocenters. The van der Waals surface area contributed by atoms with Crippen LogP contribution >= 0.6 is 11.6 Å². The van der Waals surface area contributed by atoms with Crippen molar-refractivity contribution in [2.45, 2.75) is 13.8 Å². The normalized spacial score (nSPS) is 10.3. The quantitative estimate of drug-likeness (QED) is 0.682. The van der Waals surface area contributed by atoms with Crippen molar-refractivity contribution in [2.24, 2.45) is 0 Å². The highest BCUT2D eigenvalue weighted by atomic mass is 35.5. The summed E-state index contributed by atoms with van der Waals surface area (Å²) in [6.07, 6.45) is 1.35. The SMILES string of the molecule is COc1ccc(C)c(Nc2cnc([N+](=O)[O-])cc2Cl)c1C. The van der Waals surface area contributed by atoms with Gasteiger partial charge in [0.2, 0.25) is 0 Å². The summed E-state index contributed by atoms with van der Waals surface area (Å²) in [5, 5.41) is 14.0. The van der Waals surface area contributed by atoms with Gasteiger partial charge in [-0.2, -0.15) is 0 Å². The van der Waals surface area contributed by atoms with E-state index in [0.717, 1.165) is 22.6 Å². The molecule has 0 spiro atoms. The topological polar surface area (TPSA) is 77.3 Å². The first-order valence-corrected chi connectivity index (χ1v) is 6.53. The molecule has 1 heterocycles. The highest BCUT2D eigenvalue weighted by Gasteiger charge is 2.14. The molecule has 6 nitrogen and oxygen atoms in total. The van der Waals surface area contributed by atoms with Crippen molar-refractivity contribution in [2.75, 3.05) is 12.4 Å². The number of halogens is 1. The lowest BCUT2D eigenvalue weighted by atomic mass is 10.1. The van der Waals surface area contributed by atoms with Crippen LogP contribution in [0.25, 0.3) is 0 Å². The number of nitrogens with one attached hydrogen (secondary N) is 1. The lowest BCUT2D eigenvalue weighted by Crippen LogP contribution is -2.00. The van der Waals surface area contributed by atoms with E-state index in [4.69, 9.17) is 16.3 Å². The summed E-state index contributed by atoms with van der Waals surface area (Å²) < 4.78 is 5.28. The third-order valence-corrected chi connectivity index (χ3v) is 3.44. The molecule has 1 aromatic carbocycles. The van der Waals surface area contributed by atoms with E-state index in [0.29, 0.717) is 5.69 Å². The number of methoxy groups -OCH3 is 1. The third kappa shape index (κ3) is 3.05. The zero-order valence-electron chi connectivity index (χ0n) is 11.8. The molecule has 2 aromatic rings. The van der Waals surface area contributed by atoms with E-state index in [-0.39, 0.29) is 10.8 Å². The van der Waals surface area contributed by atoms with Gasteiger partial charge in [0.25, 0.3) is 0 Å². The van der Waals surface area contributed by atoms with Crippen molar-refractivity contribution in [3.63, 3.8) is 0 Å². The maximum atomic E-state index is 10.7. The molecule has 110 valence electrons. The van der Waals surface area contributed by atoms with Gasteiger partial charge in [0, 0.05) is 11.3 Å². The molecule has 0 aliphatic rings. The molecule has 0 saturated heterocycles. The van der Waals surface area contributed by atoms with Crippen molar-refractivity contribution >= 4 is 28.8 Å². The van der Waals surface area contributed by atoms with Crippen molar-refractivity contribution < 1.29 is 9.66 Å². The Labute approximate surface area is 126 Å². The molecule has 0 unspecified atom stereocenters. The zero-order valence-corrected chi connectivity index (χ0v) is 12.6. The summed E-state index contributed by atoms with van der Waals surface area (Å²) in [4.78, 5) is 13.8. The lowest BCUT2D eigenvalue weighted by molar-refractivity contribution is -0.389. The molecular formula is C14H14ClN3O3. The second-order valence-corrected chi connectivity index (χ2v) is 4.90. The second kappa shape index (κ2) is 5.97. The van der Waals surface area contributed by atoms with Crippen LogP contribution in [0.3, 0.4) is 0 Å². The van der Waals surface area contributed by atoms with E-state index >= 15 is 0 Å². The number of aromatic nitrogens is 1. The maximum absolute atomic E-state index is 10.7. The van der Waals surface area contributed by atoms with E-state index in [1.165, 1.54) is 12.3 Å². The Balaban J connectivity index is 2.41. The van der Waals surface area contributed by atoms with Crippen LogP contribution < -0.4 is 10.1 Å². The molecule has 0 fully saturated rings. The number of nitrogens with zero attached hydrogens (tertiary/aromatic N) is 2. The average Bonchev–Trinajstić information content (AvgIpc) is 2.44. The van der Waals surface area contributed by atoms with Gasteiger partial charge in [-0.05, 0) is 35.4 Å². The Morgan fingerprint density at radius 2 is 2.10 bits per heavy atom. The highest BCUT2D eigenvalue weighted by molar-refractivity contribution is 6.33. The van der Waals surface area contributed by atoms with Gasteiger partial charge >= 0.3 is 5.82 Å². The van der Waals surface area contributed by atoms with Crippen LogP contribution in [-0.4, -0.2) is 17.0 Å². The van der Waals surface area contributed by atoms with E-state index in [2.05, 4.69) is 10.3 Å². The summed E-state index contributed by atoms with van der Waals surface area (Å²) in [6, 6.07) is 5.02. The van der Waals surface area contributed by atoms with Crippen molar-refractivity contribution in [3.8, 4) is 5.75 Å². The fourth-order valence-corrected chi connectivity index (χ4v) is 2.18. The zero-order chi connectivity index (χ0) is 15.6. The van der Waals surface area contributed by atoms with Gasteiger partial charge in [-0.1, -0.05) is 17.7 Å². The molecule has 1 aromatic heterocycles. The van der Waals surface area contributed by atoms with Crippen LogP contribution in [0.1, 0.15) is 11.1 Å². The summed E-state index contributed by atoms with van der Waals surface area (Å²) in [5.74, 6) is 0.457. The number of aryl methyl sites for hydroxylation is 1. The van der Waals surface area contributed by atoms with Crippen LogP contribution in [-0.2, 0) is 0 Å². The van der Waals surface area contributed by atoms with E-state index in [1.54, 1.807) is 7.11 Å². The van der Waals surface area contributed by atoms with Crippen LogP contribution in [0.2, 0.25) is 5.02 Å². The second-order valence-electron chi connectivity index (χ2n) is 4.49. The highest BCUT2D eigenvalue weighted by Crippen LogP contribution is 2.34. The van der Waals surface area contributed by atoms with Gasteiger partial charge in [0.1, 0.15) is 11.4 Å². The Hall–Kier alpha value is -2.34. The van der Waals surface area contributed by atoms with Gasteiger partial charge in [0.15, 0.2) is 6.20 Å². The Bertz CT molecular complexity index is 704. The summed E-state index contributed by atoms with van der Waals surface area (Å²) in [6.45, 7) is 3.86. The van der Waals surface area contributed by atoms with Crippen LogP contribution in [0.5, 0.6) is 5.75 Å². The Kier molecular flexibility index (Phi) is 4.28. The average molecular weight is 308 g/mol. The van der Waals surface area contributed by atoms with E-state index < -0.39 is 4.92 Å². The fourth-order valence-electron chi connectivity index (χ4n) is 1.99. The van der Waals surface area contributed by atoms with Crippen molar-refractivity contribution in [1.82, 2.24) is 4.98 Å². The van der Waals surface area contributed by atoms with Crippen LogP contribution in [0, 0.1) is 24.0 Å². The Morgan fingerprint density at radius 3 is 2.67 bits per heavy atom. The monoisotopic (exact) mass is 307 g/mol. The number of rotatable bonds is 4. The molecule has 2 rings (SSSR count). The molecule has 0 amide bonds.